The second-order valence-electron chi connectivity index (χ2n) is 3.49. The van der Waals surface area contributed by atoms with Gasteiger partial charge in [0.05, 0.1) is 11.5 Å². The largest absolute Gasteiger partial charge is 0.458 e. The second kappa shape index (κ2) is 4.97. The molecule has 12 heteroatoms. The standard InChI is InChI=1S/C8H4F10OS/c9-5(10,8(16,17)18)4-3(6(11,12)13)7(14,15)19-1-2-20-4/h1-2H2. The van der Waals surface area contributed by atoms with Gasteiger partial charge in [-0.1, -0.05) is 0 Å². The zero-order valence-electron chi connectivity index (χ0n) is 9.01. The van der Waals surface area contributed by atoms with Gasteiger partial charge in [0.2, 0.25) is 0 Å². The molecule has 0 bridgehead atoms. The third-order valence-corrected chi connectivity index (χ3v) is 3.18. The lowest BCUT2D eigenvalue weighted by Crippen LogP contribution is -2.42. The summed E-state index contributed by atoms with van der Waals surface area (Å²) in [5.41, 5.74) is -3.32. The molecule has 0 saturated carbocycles. The van der Waals surface area contributed by atoms with Crippen molar-refractivity contribution in [1.29, 1.82) is 0 Å². The van der Waals surface area contributed by atoms with Crippen molar-refractivity contribution in [3.8, 4) is 0 Å². The van der Waals surface area contributed by atoms with Crippen LogP contribution in [0.1, 0.15) is 0 Å². The number of ether oxygens (including phenoxy) is 1. The van der Waals surface area contributed by atoms with Crippen LogP contribution in [0.15, 0.2) is 10.5 Å². The van der Waals surface area contributed by atoms with Gasteiger partial charge in [0.15, 0.2) is 0 Å². The smallest absolute Gasteiger partial charge is 0.316 e. The van der Waals surface area contributed by atoms with Crippen LogP contribution in [0.5, 0.6) is 0 Å². The average molecular weight is 338 g/mol. The quantitative estimate of drug-likeness (QED) is 0.657. The Morgan fingerprint density at radius 1 is 0.950 bits per heavy atom. The monoisotopic (exact) mass is 338 g/mol. The van der Waals surface area contributed by atoms with Crippen molar-refractivity contribution in [3.63, 3.8) is 0 Å². The summed E-state index contributed by atoms with van der Waals surface area (Å²) in [5, 5.41) is 0. The summed E-state index contributed by atoms with van der Waals surface area (Å²) in [6.45, 7) is -1.12. The van der Waals surface area contributed by atoms with E-state index in [2.05, 4.69) is 4.74 Å². The molecule has 1 aliphatic heterocycles. The van der Waals surface area contributed by atoms with Crippen LogP contribution in [0.2, 0.25) is 0 Å². The molecule has 0 amide bonds. The summed E-state index contributed by atoms with van der Waals surface area (Å²) in [6, 6.07) is 0. The van der Waals surface area contributed by atoms with Crippen molar-refractivity contribution >= 4 is 11.8 Å². The van der Waals surface area contributed by atoms with E-state index in [0.29, 0.717) is 0 Å². The summed E-state index contributed by atoms with van der Waals surface area (Å²) < 4.78 is 129. The van der Waals surface area contributed by atoms with E-state index in [-0.39, 0.29) is 0 Å². The molecule has 0 spiro atoms. The molecule has 0 radical (unpaired) electrons. The van der Waals surface area contributed by atoms with Crippen LogP contribution >= 0.6 is 11.8 Å². The molecule has 118 valence electrons. The molecular weight excluding hydrogens is 334 g/mol. The number of hydrogen-bond donors (Lipinski definition) is 0. The van der Waals surface area contributed by atoms with Crippen LogP contribution in [0, 0.1) is 0 Å². The third kappa shape index (κ3) is 3.15. The van der Waals surface area contributed by atoms with Gasteiger partial charge in [0.1, 0.15) is 5.57 Å². The predicted octanol–water partition coefficient (Wildman–Crippen LogP) is 4.36. The van der Waals surface area contributed by atoms with Gasteiger partial charge in [-0.15, -0.1) is 11.8 Å². The summed E-state index contributed by atoms with van der Waals surface area (Å²) in [7, 11) is 0. The number of allylic oxidation sites excluding steroid dienone is 1. The molecule has 0 unspecified atom stereocenters. The van der Waals surface area contributed by atoms with Gasteiger partial charge in [-0.05, 0) is 0 Å². The van der Waals surface area contributed by atoms with Crippen molar-refractivity contribution in [2.24, 2.45) is 0 Å². The van der Waals surface area contributed by atoms with E-state index in [1.165, 1.54) is 0 Å². The van der Waals surface area contributed by atoms with E-state index in [1.54, 1.807) is 0 Å². The molecule has 0 atom stereocenters. The molecule has 0 aliphatic carbocycles. The van der Waals surface area contributed by atoms with Crippen molar-refractivity contribution in [2.75, 3.05) is 12.4 Å². The van der Waals surface area contributed by atoms with Crippen molar-refractivity contribution < 1.29 is 48.6 Å². The minimum absolute atomic E-state index is 0.660. The van der Waals surface area contributed by atoms with E-state index < -0.39 is 59.0 Å². The first-order chi connectivity index (χ1) is 8.71. The minimum atomic E-state index is -6.44. The number of hydrogen-bond acceptors (Lipinski definition) is 2. The molecule has 0 saturated heterocycles. The van der Waals surface area contributed by atoms with Crippen LogP contribution in [-0.2, 0) is 4.74 Å². The summed E-state index contributed by atoms with van der Waals surface area (Å²) in [6.07, 6.45) is -17.8. The molecule has 0 N–H and O–H groups in total. The maximum absolute atomic E-state index is 13.1. The van der Waals surface area contributed by atoms with Gasteiger partial charge < -0.3 is 4.74 Å². The van der Waals surface area contributed by atoms with Gasteiger partial charge >= 0.3 is 24.4 Å². The SMILES string of the molecule is FC(F)(F)C1=C(C(F)(F)C(F)(F)F)SCCOC1(F)F. The lowest BCUT2D eigenvalue weighted by atomic mass is 10.1. The molecule has 20 heavy (non-hydrogen) atoms. The van der Waals surface area contributed by atoms with Gasteiger partial charge in [-0.2, -0.15) is 43.9 Å². The Hall–Kier alpha value is -0.650. The van der Waals surface area contributed by atoms with Gasteiger partial charge in [0, 0.05) is 5.75 Å². The molecule has 0 fully saturated rings. The van der Waals surface area contributed by atoms with Crippen LogP contribution < -0.4 is 0 Å². The molecule has 1 aliphatic rings. The zero-order chi connectivity index (χ0) is 16.0. The lowest BCUT2D eigenvalue weighted by molar-refractivity contribution is -0.268. The van der Waals surface area contributed by atoms with Crippen LogP contribution in [0.25, 0.3) is 0 Å². The molecule has 0 aromatic rings. The van der Waals surface area contributed by atoms with Crippen LogP contribution in [-0.4, -0.2) is 36.7 Å². The Morgan fingerprint density at radius 2 is 1.45 bits per heavy atom. The van der Waals surface area contributed by atoms with E-state index in [4.69, 9.17) is 0 Å². The highest BCUT2D eigenvalue weighted by Crippen LogP contribution is 2.53. The highest BCUT2D eigenvalue weighted by molar-refractivity contribution is 8.03. The third-order valence-electron chi connectivity index (χ3n) is 2.06. The van der Waals surface area contributed by atoms with E-state index in [0.717, 1.165) is 0 Å². The lowest BCUT2D eigenvalue weighted by Gasteiger charge is -2.27. The summed E-state index contributed by atoms with van der Waals surface area (Å²) in [5.74, 6) is -6.96. The Morgan fingerprint density at radius 3 is 1.85 bits per heavy atom. The van der Waals surface area contributed by atoms with E-state index in [1.807, 2.05) is 0 Å². The summed E-state index contributed by atoms with van der Waals surface area (Å²) >= 11 is -0.660. The fraction of sp³-hybridized carbons (Fsp3) is 0.750. The highest BCUT2D eigenvalue weighted by atomic mass is 32.2. The Bertz CT molecular complexity index is 406. The maximum Gasteiger partial charge on any atom is 0.458 e. The Balaban J connectivity index is 3.59. The van der Waals surface area contributed by atoms with Gasteiger partial charge in [0.25, 0.3) is 0 Å². The van der Waals surface area contributed by atoms with E-state index >= 15 is 0 Å². The second-order valence-corrected chi connectivity index (χ2v) is 4.59. The molecule has 0 aromatic carbocycles. The maximum atomic E-state index is 13.1. The minimum Gasteiger partial charge on any atom is -0.316 e. The number of alkyl halides is 10. The van der Waals surface area contributed by atoms with Crippen LogP contribution in [0.3, 0.4) is 0 Å². The highest BCUT2D eigenvalue weighted by Gasteiger charge is 2.66. The van der Waals surface area contributed by atoms with Crippen LogP contribution in [0.4, 0.5) is 43.9 Å². The van der Waals surface area contributed by atoms with Gasteiger partial charge in [-0.25, -0.2) is 0 Å². The van der Waals surface area contributed by atoms with Crippen molar-refractivity contribution in [3.05, 3.63) is 10.5 Å². The fourth-order valence-electron chi connectivity index (χ4n) is 1.26. The molecule has 1 rings (SSSR count). The average Bonchev–Trinajstić information content (AvgIpc) is 2.33. The first kappa shape index (κ1) is 17.4. The zero-order valence-corrected chi connectivity index (χ0v) is 9.83. The molecular formula is C8H4F10OS. The van der Waals surface area contributed by atoms with Crippen molar-refractivity contribution in [2.45, 2.75) is 24.4 Å². The number of rotatable bonds is 1. The topological polar surface area (TPSA) is 9.23 Å². The molecule has 1 heterocycles. The number of halogens is 10. The Kier molecular flexibility index (Phi) is 4.32. The van der Waals surface area contributed by atoms with E-state index in [9.17, 15) is 43.9 Å². The molecule has 1 nitrogen and oxygen atoms in total. The molecule has 0 aromatic heterocycles. The fourth-order valence-corrected chi connectivity index (χ4v) is 2.31. The summed E-state index contributed by atoms with van der Waals surface area (Å²) in [4.78, 5) is -2.79. The first-order valence-corrected chi connectivity index (χ1v) is 5.61. The van der Waals surface area contributed by atoms with Crippen molar-refractivity contribution in [1.82, 2.24) is 0 Å². The number of thioether (sulfide) groups is 1. The van der Waals surface area contributed by atoms with Gasteiger partial charge in [-0.3, -0.25) is 0 Å². The first-order valence-electron chi connectivity index (χ1n) is 4.63. The Labute approximate surface area is 108 Å². The predicted molar refractivity (Wildman–Crippen MR) is 47.4 cm³/mol. The normalized spacial score (nSPS) is 21.9.